The Morgan fingerprint density at radius 2 is 1.90 bits per heavy atom. The van der Waals surface area contributed by atoms with Crippen LogP contribution < -0.4 is 5.73 Å². The van der Waals surface area contributed by atoms with Crippen LogP contribution in [0.1, 0.15) is 38.2 Å². The van der Waals surface area contributed by atoms with E-state index in [1.165, 1.54) is 12.8 Å². The number of rotatable bonds is 5. The molecule has 1 aliphatic heterocycles. The van der Waals surface area contributed by atoms with Gasteiger partial charge < -0.3 is 5.73 Å². The lowest BCUT2D eigenvalue weighted by Gasteiger charge is -2.31. The molecule has 0 amide bonds. The van der Waals surface area contributed by atoms with Gasteiger partial charge in [0.2, 0.25) is 10.0 Å². The number of nitrogen functional groups attached to an aromatic ring is 1. The fourth-order valence-electron chi connectivity index (χ4n) is 2.84. The lowest BCUT2D eigenvalue weighted by molar-refractivity contribution is 0.262. The number of anilines is 1. The van der Waals surface area contributed by atoms with Gasteiger partial charge in [-0.1, -0.05) is 38.0 Å². The third-order valence-electron chi connectivity index (χ3n) is 4.06. The Kier molecular flexibility index (Phi) is 5.05. The molecule has 0 radical (unpaired) electrons. The standard InChI is InChI=1S/C15H24N2O2S/c1-2-5-13-8-10-17(11-9-13)20(18,19)12-14-6-3-4-7-15(14)16/h3-4,6-7,13H,2,5,8-12,16H2,1H3. The van der Waals surface area contributed by atoms with Crippen LogP contribution >= 0.6 is 0 Å². The third kappa shape index (κ3) is 3.73. The van der Waals surface area contributed by atoms with Crippen molar-refractivity contribution in [2.24, 2.45) is 5.92 Å². The van der Waals surface area contributed by atoms with E-state index in [1.807, 2.05) is 12.1 Å². The maximum atomic E-state index is 12.4. The van der Waals surface area contributed by atoms with Crippen molar-refractivity contribution >= 4 is 15.7 Å². The summed E-state index contributed by atoms with van der Waals surface area (Å²) in [6.07, 6.45) is 4.35. The predicted molar refractivity (Wildman–Crippen MR) is 82.7 cm³/mol. The predicted octanol–water partition coefficient (Wildman–Crippen LogP) is 2.61. The third-order valence-corrected chi connectivity index (χ3v) is 5.88. The summed E-state index contributed by atoms with van der Waals surface area (Å²) in [6, 6.07) is 7.19. The van der Waals surface area contributed by atoms with E-state index in [9.17, 15) is 8.42 Å². The van der Waals surface area contributed by atoms with Crippen LogP contribution in [0.5, 0.6) is 0 Å². The normalized spacial score (nSPS) is 18.2. The minimum absolute atomic E-state index is 0.0120. The summed E-state index contributed by atoms with van der Waals surface area (Å²) in [5.41, 5.74) is 7.09. The monoisotopic (exact) mass is 296 g/mol. The summed E-state index contributed by atoms with van der Waals surface area (Å²) >= 11 is 0. The Bertz CT molecular complexity index is 535. The molecule has 2 rings (SSSR count). The molecule has 1 heterocycles. The molecule has 0 aliphatic carbocycles. The fourth-order valence-corrected chi connectivity index (χ4v) is 4.44. The fraction of sp³-hybridized carbons (Fsp3) is 0.600. The van der Waals surface area contributed by atoms with E-state index in [0.29, 0.717) is 30.3 Å². The number of benzene rings is 1. The summed E-state index contributed by atoms with van der Waals surface area (Å²) in [6.45, 7) is 3.49. The molecule has 0 atom stereocenters. The highest BCUT2D eigenvalue weighted by Crippen LogP contribution is 2.25. The van der Waals surface area contributed by atoms with Crippen LogP contribution in [0.25, 0.3) is 0 Å². The van der Waals surface area contributed by atoms with Gasteiger partial charge in [-0.3, -0.25) is 0 Å². The largest absolute Gasteiger partial charge is 0.398 e. The first-order valence-electron chi connectivity index (χ1n) is 7.34. The quantitative estimate of drug-likeness (QED) is 0.850. The molecule has 4 nitrogen and oxygen atoms in total. The summed E-state index contributed by atoms with van der Waals surface area (Å²) < 4.78 is 26.5. The van der Waals surface area contributed by atoms with Gasteiger partial charge in [0.25, 0.3) is 0 Å². The molecule has 112 valence electrons. The van der Waals surface area contributed by atoms with Gasteiger partial charge >= 0.3 is 0 Å². The molecular weight excluding hydrogens is 272 g/mol. The Balaban J connectivity index is 2.00. The van der Waals surface area contributed by atoms with Crippen LogP contribution in [-0.2, 0) is 15.8 Å². The summed E-state index contributed by atoms with van der Waals surface area (Å²) in [7, 11) is -3.24. The van der Waals surface area contributed by atoms with Crippen molar-refractivity contribution in [1.82, 2.24) is 4.31 Å². The second kappa shape index (κ2) is 6.59. The zero-order valence-corrected chi connectivity index (χ0v) is 12.9. The average Bonchev–Trinajstić information content (AvgIpc) is 2.42. The number of piperidine rings is 1. The molecule has 5 heteroatoms. The number of nitrogens with zero attached hydrogens (tertiary/aromatic N) is 1. The first-order chi connectivity index (χ1) is 9.53. The van der Waals surface area contributed by atoms with E-state index < -0.39 is 10.0 Å². The van der Waals surface area contributed by atoms with Crippen molar-refractivity contribution in [3.63, 3.8) is 0 Å². The Morgan fingerprint density at radius 1 is 1.25 bits per heavy atom. The first-order valence-corrected chi connectivity index (χ1v) is 8.95. The lowest BCUT2D eigenvalue weighted by atomic mass is 9.94. The molecule has 20 heavy (non-hydrogen) atoms. The van der Waals surface area contributed by atoms with Gasteiger partial charge in [0.05, 0.1) is 5.75 Å². The Morgan fingerprint density at radius 3 is 2.50 bits per heavy atom. The highest BCUT2D eigenvalue weighted by atomic mass is 32.2. The second-order valence-electron chi connectivity index (χ2n) is 5.59. The van der Waals surface area contributed by atoms with Crippen LogP contribution in [0.4, 0.5) is 5.69 Å². The van der Waals surface area contributed by atoms with Crippen LogP contribution in [0, 0.1) is 5.92 Å². The summed E-state index contributed by atoms with van der Waals surface area (Å²) in [5, 5.41) is 0. The van der Waals surface area contributed by atoms with Crippen molar-refractivity contribution in [1.29, 1.82) is 0 Å². The SMILES string of the molecule is CCCC1CCN(S(=O)(=O)Cc2ccccc2N)CC1. The lowest BCUT2D eigenvalue weighted by Crippen LogP contribution is -2.39. The van der Waals surface area contributed by atoms with Crippen LogP contribution in [0.3, 0.4) is 0 Å². The molecule has 1 aliphatic rings. The highest BCUT2D eigenvalue weighted by Gasteiger charge is 2.28. The second-order valence-corrected chi connectivity index (χ2v) is 7.56. The van der Waals surface area contributed by atoms with Crippen LogP contribution in [0.15, 0.2) is 24.3 Å². The summed E-state index contributed by atoms with van der Waals surface area (Å²) in [5.74, 6) is 0.700. The molecular formula is C15H24N2O2S. The van der Waals surface area contributed by atoms with Crippen LogP contribution in [0.2, 0.25) is 0 Å². The molecule has 1 aromatic carbocycles. The Labute approximate surface area is 122 Å². The van der Waals surface area contributed by atoms with Gasteiger partial charge in [-0.15, -0.1) is 0 Å². The number of hydrogen-bond donors (Lipinski definition) is 1. The van der Waals surface area contributed by atoms with Crippen molar-refractivity contribution < 1.29 is 8.42 Å². The van der Waals surface area contributed by atoms with Crippen molar-refractivity contribution in [2.75, 3.05) is 18.8 Å². The number of para-hydroxylation sites is 1. The van der Waals surface area contributed by atoms with E-state index in [2.05, 4.69) is 6.92 Å². The molecule has 0 saturated carbocycles. The molecule has 1 aromatic rings. The van der Waals surface area contributed by atoms with E-state index in [-0.39, 0.29) is 5.75 Å². The molecule has 0 spiro atoms. The first kappa shape index (κ1) is 15.3. The van der Waals surface area contributed by atoms with Crippen molar-refractivity contribution in [2.45, 2.75) is 38.4 Å². The zero-order valence-electron chi connectivity index (χ0n) is 12.1. The van der Waals surface area contributed by atoms with Crippen LogP contribution in [-0.4, -0.2) is 25.8 Å². The molecule has 1 saturated heterocycles. The maximum absolute atomic E-state index is 12.4. The average molecular weight is 296 g/mol. The van der Waals surface area contributed by atoms with Gasteiger partial charge in [0.1, 0.15) is 0 Å². The number of sulfonamides is 1. The smallest absolute Gasteiger partial charge is 0.218 e. The summed E-state index contributed by atoms with van der Waals surface area (Å²) in [4.78, 5) is 0. The van der Waals surface area contributed by atoms with Gasteiger partial charge in [0.15, 0.2) is 0 Å². The van der Waals surface area contributed by atoms with E-state index in [1.54, 1.807) is 16.4 Å². The zero-order chi connectivity index (χ0) is 14.6. The molecule has 2 N–H and O–H groups in total. The number of nitrogens with two attached hydrogens (primary N) is 1. The van der Waals surface area contributed by atoms with Gasteiger partial charge in [-0.2, -0.15) is 0 Å². The maximum Gasteiger partial charge on any atom is 0.218 e. The van der Waals surface area contributed by atoms with Gasteiger partial charge in [0, 0.05) is 18.8 Å². The van der Waals surface area contributed by atoms with Gasteiger partial charge in [-0.05, 0) is 30.4 Å². The van der Waals surface area contributed by atoms with Crippen molar-refractivity contribution in [3.05, 3.63) is 29.8 Å². The minimum Gasteiger partial charge on any atom is -0.398 e. The Hall–Kier alpha value is -1.07. The molecule has 0 aromatic heterocycles. The topological polar surface area (TPSA) is 63.4 Å². The molecule has 0 unspecified atom stereocenters. The van der Waals surface area contributed by atoms with Gasteiger partial charge in [-0.25, -0.2) is 12.7 Å². The van der Waals surface area contributed by atoms with E-state index >= 15 is 0 Å². The van der Waals surface area contributed by atoms with Crippen molar-refractivity contribution in [3.8, 4) is 0 Å². The molecule has 0 bridgehead atoms. The highest BCUT2D eigenvalue weighted by molar-refractivity contribution is 7.88. The van der Waals surface area contributed by atoms with E-state index in [0.717, 1.165) is 12.8 Å². The van der Waals surface area contributed by atoms with E-state index in [4.69, 9.17) is 5.73 Å². The molecule has 1 fully saturated rings. The number of hydrogen-bond acceptors (Lipinski definition) is 3. The minimum atomic E-state index is -3.24.